The summed E-state index contributed by atoms with van der Waals surface area (Å²) in [5, 5.41) is 3.06. The van der Waals surface area contributed by atoms with Gasteiger partial charge in [-0.3, -0.25) is 9.59 Å². The molecule has 0 heterocycles. The quantitative estimate of drug-likeness (QED) is 0.0279. The number of carbonyl (C=O) groups excluding carboxylic acids is 2. The van der Waals surface area contributed by atoms with Crippen molar-refractivity contribution in [1.82, 2.24) is 5.32 Å². The summed E-state index contributed by atoms with van der Waals surface area (Å²) in [4.78, 5) is 22.4. The second-order valence-corrected chi connectivity index (χ2v) is 20.4. The lowest BCUT2D eigenvalue weighted by molar-refractivity contribution is -0.923. The summed E-state index contributed by atoms with van der Waals surface area (Å²) in [5.41, 5.74) is 5.14. The molecule has 0 rings (SSSR count). The molecule has 0 atom stereocenters. The van der Waals surface area contributed by atoms with Crippen molar-refractivity contribution in [1.29, 1.82) is 0 Å². The van der Waals surface area contributed by atoms with Crippen molar-refractivity contribution in [2.45, 2.75) is 280 Å². The van der Waals surface area contributed by atoms with E-state index in [-0.39, 0.29) is 11.8 Å². The predicted molar refractivity (Wildman–Crippen MR) is 295 cm³/mol. The van der Waals surface area contributed by atoms with Crippen LogP contribution in [-0.4, -0.2) is 91.2 Å². The number of rotatable bonds is 48. The standard InChI is InChI=1S/C28H58N2OS.C22H46N2O.C6H14S/c1-4-30(5-2,6-3)26-22-18-15-13-11-9-7-8-10-12-14-16-20-24-28(31)29-25-21-17-19-23-27-32;1-4-24(5-2,6-3)21-19-17-15-13-11-9-7-8-10-12-14-16-18-20-22(23)25;1-2-3-4-5-6-7/h4-27H2,1-3H3,(H-,29,31,32);4-21H2,1-3H3,(H-,23,25);7H,2-6H2,1H3/p+2. The number of nitrogens with two attached hydrogens (primary N) is 1. The Morgan fingerprint density at radius 1 is 0.359 bits per heavy atom. The summed E-state index contributed by atoms with van der Waals surface area (Å²) in [5.74, 6) is 2.13. The largest absolute Gasteiger partial charge is 0.370 e. The minimum Gasteiger partial charge on any atom is -0.370 e. The van der Waals surface area contributed by atoms with Crippen LogP contribution in [0, 0.1) is 0 Å². The number of nitrogens with one attached hydrogen (secondary N) is 1. The van der Waals surface area contributed by atoms with Crippen molar-refractivity contribution in [3.8, 4) is 0 Å². The molecule has 0 bridgehead atoms. The molecule has 0 radical (unpaired) electrons. The van der Waals surface area contributed by atoms with Crippen molar-refractivity contribution in [2.24, 2.45) is 5.73 Å². The van der Waals surface area contributed by atoms with Gasteiger partial charge in [0, 0.05) is 19.4 Å². The van der Waals surface area contributed by atoms with Crippen molar-refractivity contribution >= 4 is 37.1 Å². The Morgan fingerprint density at radius 3 is 0.922 bits per heavy atom. The lowest BCUT2D eigenvalue weighted by atomic mass is 10.0. The van der Waals surface area contributed by atoms with E-state index in [0.29, 0.717) is 12.8 Å². The van der Waals surface area contributed by atoms with Gasteiger partial charge in [0.05, 0.1) is 52.4 Å². The highest BCUT2D eigenvalue weighted by Gasteiger charge is 2.20. The van der Waals surface area contributed by atoms with Crippen LogP contribution in [0.4, 0.5) is 0 Å². The highest BCUT2D eigenvalue weighted by molar-refractivity contribution is 7.80. The Morgan fingerprint density at radius 2 is 0.625 bits per heavy atom. The van der Waals surface area contributed by atoms with Crippen LogP contribution in [0.25, 0.3) is 0 Å². The summed E-state index contributed by atoms with van der Waals surface area (Å²) in [6.07, 6.45) is 46.4. The van der Waals surface area contributed by atoms with Gasteiger partial charge in [-0.1, -0.05) is 167 Å². The van der Waals surface area contributed by atoms with Crippen LogP contribution in [-0.2, 0) is 9.59 Å². The molecule has 0 spiro atoms. The van der Waals surface area contributed by atoms with Crippen LogP contribution < -0.4 is 11.1 Å². The van der Waals surface area contributed by atoms with E-state index < -0.39 is 0 Å². The minimum absolute atomic E-state index is 0.153. The third-order valence-electron chi connectivity index (χ3n) is 14.5. The van der Waals surface area contributed by atoms with E-state index in [1.807, 2.05) is 0 Å². The van der Waals surface area contributed by atoms with E-state index >= 15 is 0 Å². The predicted octanol–water partition coefficient (Wildman–Crippen LogP) is 16.2. The van der Waals surface area contributed by atoms with E-state index in [2.05, 4.69) is 79.0 Å². The first kappa shape index (κ1) is 67.8. The first-order valence-corrected chi connectivity index (χ1v) is 29.9. The Hall–Kier alpha value is -0.440. The Kier molecular flexibility index (Phi) is 58.5. The first-order valence-electron chi connectivity index (χ1n) is 28.6. The van der Waals surface area contributed by atoms with E-state index in [4.69, 9.17) is 5.73 Å². The van der Waals surface area contributed by atoms with Gasteiger partial charge >= 0.3 is 0 Å². The van der Waals surface area contributed by atoms with Crippen LogP contribution in [0.1, 0.15) is 280 Å². The van der Waals surface area contributed by atoms with Gasteiger partial charge in [0.1, 0.15) is 0 Å². The molecule has 0 saturated heterocycles. The third kappa shape index (κ3) is 49.5. The molecule has 2 amide bonds. The summed E-state index contributed by atoms with van der Waals surface area (Å²) in [6, 6.07) is 0. The maximum absolute atomic E-state index is 11.8. The van der Waals surface area contributed by atoms with Crippen molar-refractivity contribution < 1.29 is 18.6 Å². The zero-order valence-electron chi connectivity index (χ0n) is 44.9. The molecule has 64 heavy (non-hydrogen) atoms. The van der Waals surface area contributed by atoms with Gasteiger partial charge in [-0.25, -0.2) is 0 Å². The highest BCUT2D eigenvalue weighted by atomic mass is 32.1. The van der Waals surface area contributed by atoms with Gasteiger partial charge in [-0.15, -0.1) is 0 Å². The topological polar surface area (TPSA) is 72.2 Å². The lowest BCUT2D eigenvalue weighted by Gasteiger charge is -2.35. The first-order chi connectivity index (χ1) is 31.1. The van der Waals surface area contributed by atoms with Crippen LogP contribution in [0.15, 0.2) is 0 Å². The van der Waals surface area contributed by atoms with Gasteiger partial charge in [-0.05, 0) is 111 Å². The second-order valence-electron chi connectivity index (χ2n) is 19.5. The number of hydrogen-bond donors (Lipinski definition) is 4. The number of hydrogen-bond acceptors (Lipinski definition) is 4. The lowest BCUT2D eigenvalue weighted by Crippen LogP contribution is -2.48. The molecule has 0 unspecified atom stereocenters. The van der Waals surface area contributed by atoms with E-state index in [9.17, 15) is 9.59 Å². The van der Waals surface area contributed by atoms with Gasteiger partial charge < -0.3 is 20.0 Å². The van der Waals surface area contributed by atoms with Gasteiger partial charge in [0.25, 0.3) is 0 Å². The molecular formula is C56H120N4O2S2+2. The fraction of sp³-hybridized carbons (Fsp3) is 0.964. The number of amides is 2. The molecule has 0 aliphatic heterocycles. The van der Waals surface area contributed by atoms with Crippen LogP contribution in [0.2, 0.25) is 0 Å². The molecule has 386 valence electrons. The molecule has 0 saturated carbocycles. The van der Waals surface area contributed by atoms with Gasteiger partial charge in [0.15, 0.2) is 0 Å². The molecule has 8 heteroatoms. The molecule has 0 aromatic heterocycles. The van der Waals surface area contributed by atoms with Crippen LogP contribution >= 0.6 is 25.3 Å². The van der Waals surface area contributed by atoms with Crippen molar-refractivity contribution in [3.05, 3.63) is 0 Å². The fourth-order valence-corrected chi connectivity index (χ4v) is 9.55. The maximum atomic E-state index is 11.8. The van der Waals surface area contributed by atoms with Crippen LogP contribution in [0.3, 0.4) is 0 Å². The summed E-state index contributed by atoms with van der Waals surface area (Å²) in [7, 11) is 0. The molecule has 0 aliphatic rings. The monoisotopic (exact) mass is 945 g/mol. The molecule has 3 N–H and O–H groups in total. The zero-order chi connectivity index (χ0) is 48.1. The number of nitrogens with zero attached hydrogens (tertiary/aromatic N) is 2. The second kappa shape index (κ2) is 55.2. The molecular weight excluding hydrogens is 825 g/mol. The van der Waals surface area contributed by atoms with Gasteiger partial charge in [0.2, 0.25) is 11.8 Å². The zero-order valence-corrected chi connectivity index (χ0v) is 46.7. The SMILES string of the molecule is CCCCCCS.CC[N+](CC)(CC)CCCCCCCCCCCCCCCC(=O)NCCCCCCS.CC[N+](CC)(CC)CCCCCCCCCCCCCCCC(N)=O. The highest BCUT2D eigenvalue weighted by Crippen LogP contribution is 2.17. The summed E-state index contributed by atoms with van der Waals surface area (Å²) in [6.45, 7) is 27.6. The molecule has 6 nitrogen and oxygen atoms in total. The average Bonchev–Trinajstić information content (AvgIpc) is 3.31. The smallest absolute Gasteiger partial charge is 0.219 e. The molecule has 0 aromatic rings. The number of unbranched alkanes of at least 4 members (excludes halogenated alkanes) is 30. The van der Waals surface area contributed by atoms with E-state index in [0.717, 1.165) is 43.7 Å². The number of quaternary nitrogens is 2. The Balaban J connectivity index is -0.00000103. The molecule has 0 aliphatic carbocycles. The number of primary amides is 1. The van der Waals surface area contributed by atoms with Gasteiger partial charge in [-0.2, -0.15) is 25.3 Å². The van der Waals surface area contributed by atoms with E-state index in [1.54, 1.807) is 0 Å². The number of thiol groups is 2. The maximum Gasteiger partial charge on any atom is 0.219 e. The molecule has 0 fully saturated rings. The number of carbonyl (C=O) groups is 2. The Labute approximate surface area is 414 Å². The van der Waals surface area contributed by atoms with E-state index in [1.165, 1.54) is 254 Å². The third-order valence-corrected chi connectivity index (χ3v) is 15.2. The fourth-order valence-electron chi connectivity index (χ4n) is 9.10. The average molecular weight is 946 g/mol. The molecule has 0 aromatic carbocycles. The normalized spacial score (nSPS) is 11.5. The minimum atomic E-state index is -0.153. The summed E-state index contributed by atoms with van der Waals surface area (Å²) < 4.78 is 2.62. The van der Waals surface area contributed by atoms with Crippen molar-refractivity contribution in [2.75, 3.05) is 70.4 Å². The Bertz CT molecular complexity index is 895. The van der Waals surface area contributed by atoms with Crippen molar-refractivity contribution in [3.63, 3.8) is 0 Å². The van der Waals surface area contributed by atoms with Crippen LogP contribution in [0.5, 0.6) is 0 Å². The summed E-state index contributed by atoms with van der Waals surface area (Å²) >= 11 is 8.32.